The zero-order valence-electron chi connectivity index (χ0n) is 19.4. The number of methoxy groups -OCH3 is 3. The van der Waals surface area contributed by atoms with Gasteiger partial charge in [-0.25, -0.2) is 0 Å². The van der Waals surface area contributed by atoms with Gasteiger partial charge >= 0.3 is 0 Å². The standard InChI is InChI=1S/C24H34N4O4/c1-25-24(27-16-20-13-22(30-3)23(31-4)14-21(20)29-2)26-15-18-7-5-6-8-19(18)17-28-9-11-32-12-10-28/h5-8,13-14H,9-12,15-17H2,1-4H3,(H2,25,26,27). The van der Waals surface area contributed by atoms with Crippen molar-refractivity contribution < 1.29 is 18.9 Å². The smallest absolute Gasteiger partial charge is 0.191 e. The van der Waals surface area contributed by atoms with Crippen LogP contribution in [0.4, 0.5) is 0 Å². The third-order valence-electron chi connectivity index (χ3n) is 5.52. The van der Waals surface area contributed by atoms with Gasteiger partial charge in [0, 0.05) is 51.4 Å². The summed E-state index contributed by atoms with van der Waals surface area (Å²) in [5.74, 6) is 2.72. The van der Waals surface area contributed by atoms with Gasteiger partial charge in [-0.05, 0) is 17.2 Å². The molecule has 0 atom stereocenters. The van der Waals surface area contributed by atoms with E-state index in [1.54, 1.807) is 28.4 Å². The number of hydrogen-bond donors (Lipinski definition) is 2. The number of nitrogens with one attached hydrogen (secondary N) is 2. The zero-order valence-corrected chi connectivity index (χ0v) is 19.4. The Morgan fingerprint density at radius 1 is 0.875 bits per heavy atom. The molecule has 2 aromatic rings. The van der Waals surface area contributed by atoms with Gasteiger partial charge in [0.25, 0.3) is 0 Å². The molecule has 174 valence electrons. The van der Waals surface area contributed by atoms with Gasteiger partial charge in [0.05, 0.1) is 34.5 Å². The van der Waals surface area contributed by atoms with Crippen LogP contribution in [0.2, 0.25) is 0 Å². The molecular formula is C24H34N4O4. The van der Waals surface area contributed by atoms with Crippen LogP contribution >= 0.6 is 0 Å². The van der Waals surface area contributed by atoms with Gasteiger partial charge in [-0.2, -0.15) is 0 Å². The monoisotopic (exact) mass is 442 g/mol. The lowest BCUT2D eigenvalue weighted by atomic mass is 10.1. The highest BCUT2D eigenvalue weighted by molar-refractivity contribution is 5.79. The SMILES string of the molecule is CN=C(NCc1ccccc1CN1CCOCC1)NCc1cc(OC)c(OC)cc1OC. The molecule has 1 heterocycles. The minimum atomic E-state index is 0.526. The molecule has 0 spiro atoms. The summed E-state index contributed by atoms with van der Waals surface area (Å²) in [7, 11) is 6.64. The Morgan fingerprint density at radius 2 is 1.47 bits per heavy atom. The van der Waals surface area contributed by atoms with Crippen LogP contribution in [0.1, 0.15) is 16.7 Å². The number of ether oxygens (including phenoxy) is 4. The summed E-state index contributed by atoms with van der Waals surface area (Å²) in [6, 6.07) is 12.3. The molecule has 0 bridgehead atoms. The minimum Gasteiger partial charge on any atom is -0.496 e. The van der Waals surface area contributed by atoms with Crippen molar-refractivity contribution in [1.82, 2.24) is 15.5 Å². The van der Waals surface area contributed by atoms with Crippen LogP contribution in [0, 0.1) is 0 Å². The maximum Gasteiger partial charge on any atom is 0.191 e. The predicted octanol–water partition coefficient (Wildman–Crippen LogP) is 2.41. The molecule has 2 N–H and O–H groups in total. The van der Waals surface area contributed by atoms with E-state index < -0.39 is 0 Å². The Hall–Kier alpha value is -2.97. The molecule has 1 fully saturated rings. The number of aliphatic imine (C=N–C) groups is 1. The Labute approximate surface area is 190 Å². The predicted molar refractivity (Wildman–Crippen MR) is 126 cm³/mol. The normalized spacial score (nSPS) is 14.7. The summed E-state index contributed by atoms with van der Waals surface area (Å²) in [4.78, 5) is 6.80. The number of morpholine rings is 1. The minimum absolute atomic E-state index is 0.526. The van der Waals surface area contributed by atoms with Gasteiger partial charge in [-0.15, -0.1) is 0 Å². The van der Waals surface area contributed by atoms with Crippen LogP contribution in [0.5, 0.6) is 17.2 Å². The van der Waals surface area contributed by atoms with Gasteiger partial charge in [-0.1, -0.05) is 24.3 Å². The molecule has 0 unspecified atom stereocenters. The van der Waals surface area contributed by atoms with Gasteiger partial charge in [0.15, 0.2) is 17.5 Å². The second-order valence-corrected chi connectivity index (χ2v) is 7.46. The molecule has 2 aromatic carbocycles. The van der Waals surface area contributed by atoms with Crippen LogP contribution in [-0.2, 0) is 24.4 Å². The van der Waals surface area contributed by atoms with E-state index in [1.807, 2.05) is 12.1 Å². The molecule has 0 aromatic heterocycles. The molecule has 1 aliphatic rings. The van der Waals surface area contributed by atoms with Gasteiger partial charge in [-0.3, -0.25) is 9.89 Å². The first-order valence-electron chi connectivity index (χ1n) is 10.8. The highest BCUT2D eigenvalue weighted by Gasteiger charge is 2.14. The highest BCUT2D eigenvalue weighted by Crippen LogP contribution is 2.34. The fourth-order valence-corrected chi connectivity index (χ4v) is 3.69. The number of hydrogen-bond acceptors (Lipinski definition) is 6. The summed E-state index contributed by atoms with van der Waals surface area (Å²) in [6.07, 6.45) is 0. The maximum absolute atomic E-state index is 5.52. The number of guanidine groups is 1. The summed E-state index contributed by atoms with van der Waals surface area (Å²) < 4.78 is 21.8. The lowest BCUT2D eigenvalue weighted by Crippen LogP contribution is -2.37. The summed E-state index contributed by atoms with van der Waals surface area (Å²) in [5, 5.41) is 6.78. The fourth-order valence-electron chi connectivity index (χ4n) is 3.69. The van der Waals surface area contributed by atoms with Crippen LogP contribution < -0.4 is 24.8 Å². The maximum atomic E-state index is 5.52. The van der Waals surface area contributed by atoms with Crippen LogP contribution in [0.15, 0.2) is 41.4 Å². The lowest BCUT2D eigenvalue weighted by molar-refractivity contribution is 0.0341. The first-order valence-corrected chi connectivity index (χ1v) is 10.8. The quantitative estimate of drug-likeness (QED) is 0.456. The van der Waals surface area contributed by atoms with Crippen molar-refractivity contribution in [2.45, 2.75) is 19.6 Å². The number of benzene rings is 2. The topological polar surface area (TPSA) is 76.6 Å². The van der Waals surface area contributed by atoms with E-state index in [2.05, 4.69) is 44.8 Å². The van der Waals surface area contributed by atoms with E-state index in [-0.39, 0.29) is 0 Å². The third kappa shape index (κ3) is 6.27. The summed E-state index contributed by atoms with van der Waals surface area (Å²) in [5.41, 5.74) is 3.52. The average molecular weight is 443 g/mol. The van der Waals surface area contributed by atoms with Crippen molar-refractivity contribution in [3.8, 4) is 17.2 Å². The van der Waals surface area contributed by atoms with Crippen molar-refractivity contribution in [2.24, 2.45) is 4.99 Å². The molecule has 3 rings (SSSR count). The van der Waals surface area contributed by atoms with Gasteiger partial charge < -0.3 is 29.6 Å². The van der Waals surface area contributed by atoms with Crippen molar-refractivity contribution in [1.29, 1.82) is 0 Å². The molecule has 8 heteroatoms. The van der Waals surface area contributed by atoms with Gasteiger partial charge in [0.1, 0.15) is 5.75 Å². The molecule has 0 amide bonds. The number of rotatable bonds is 9. The highest BCUT2D eigenvalue weighted by atomic mass is 16.5. The molecular weight excluding hydrogens is 408 g/mol. The first kappa shape index (κ1) is 23.7. The van der Waals surface area contributed by atoms with Crippen LogP contribution in [-0.4, -0.2) is 65.5 Å². The third-order valence-corrected chi connectivity index (χ3v) is 5.52. The van der Waals surface area contributed by atoms with E-state index in [0.29, 0.717) is 30.5 Å². The molecule has 0 saturated carbocycles. The molecule has 0 aliphatic carbocycles. The van der Waals surface area contributed by atoms with Crippen molar-refractivity contribution in [2.75, 3.05) is 54.7 Å². The molecule has 1 aliphatic heterocycles. The Bertz CT molecular complexity index is 898. The second-order valence-electron chi connectivity index (χ2n) is 7.46. The summed E-state index contributed by atoms with van der Waals surface area (Å²) >= 11 is 0. The van der Waals surface area contributed by atoms with Crippen molar-refractivity contribution >= 4 is 5.96 Å². The first-order chi connectivity index (χ1) is 15.7. The molecule has 0 radical (unpaired) electrons. The lowest BCUT2D eigenvalue weighted by Gasteiger charge is -2.27. The zero-order chi connectivity index (χ0) is 22.8. The summed E-state index contributed by atoms with van der Waals surface area (Å²) in [6.45, 7) is 5.68. The van der Waals surface area contributed by atoms with Crippen LogP contribution in [0.25, 0.3) is 0 Å². The molecule has 32 heavy (non-hydrogen) atoms. The van der Waals surface area contributed by atoms with E-state index in [4.69, 9.17) is 18.9 Å². The largest absolute Gasteiger partial charge is 0.496 e. The van der Waals surface area contributed by atoms with E-state index in [1.165, 1.54) is 11.1 Å². The fraction of sp³-hybridized carbons (Fsp3) is 0.458. The van der Waals surface area contributed by atoms with Crippen molar-refractivity contribution in [3.05, 3.63) is 53.1 Å². The Balaban J connectivity index is 1.61. The average Bonchev–Trinajstić information content (AvgIpc) is 2.85. The molecule has 8 nitrogen and oxygen atoms in total. The van der Waals surface area contributed by atoms with Crippen molar-refractivity contribution in [3.63, 3.8) is 0 Å². The van der Waals surface area contributed by atoms with Crippen LogP contribution in [0.3, 0.4) is 0 Å². The van der Waals surface area contributed by atoms with E-state index in [0.717, 1.165) is 44.2 Å². The Morgan fingerprint density at radius 3 is 2.09 bits per heavy atom. The molecule has 1 saturated heterocycles. The van der Waals surface area contributed by atoms with E-state index in [9.17, 15) is 0 Å². The Kier molecular flexibility index (Phi) is 9.01. The van der Waals surface area contributed by atoms with Gasteiger partial charge in [0.2, 0.25) is 0 Å². The number of nitrogens with zero attached hydrogens (tertiary/aromatic N) is 2. The van der Waals surface area contributed by atoms with E-state index >= 15 is 0 Å². The second kappa shape index (κ2) is 12.2.